The highest BCUT2D eigenvalue weighted by atomic mass is 16.5. The first-order valence-electron chi connectivity index (χ1n) is 12.0. The molecule has 1 amide bonds. The maximum absolute atomic E-state index is 12.8. The summed E-state index contributed by atoms with van der Waals surface area (Å²) in [6.07, 6.45) is 1.18. The van der Waals surface area contributed by atoms with Crippen molar-refractivity contribution in [2.75, 3.05) is 45.9 Å². The van der Waals surface area contributed by atoms with Crippen molar-refractivity contribution in [3.8, 4) is 11.8 Å². The second-order valence-electron chi connectivity index (χ2n) is 9.71. The maximum atomic E-state index is 12.8. The van der Waals surface area contributed by atoms with E-state index in [2.05, 4.69) is 21.2 Å². The number of amides is 1. The Hall–Kier alpha value is -2.92. The van der Waals surface area contributed by atoms with Crippen molar-refractivity contribution in [3.63, 3.8) is 0 Å². The van der Waals surface area contributed by atoms with E-state index in [4.69, 9.17) is 14.7 Å². The number of rotatable bonds is 9. The molecular formula is C27H34N4O3. The topological polar surface area (TPSA) is 77.8 Å². The van der Waals surface area contributed by atoms with Crippen LogP contribution in [-0.4, -0.2) is 73.8 Å². The van der Waals surface area contributed by atoms with Crippen molar-refractivity contribution in [1.29, 1.82) is 5.26 Å². The van der Waals surface area contributed by atoms with Crippen molar-refractivity contribution in [1.82, 2.24) is 15.1 Å². The highest BCUT2D eigenvalue weighted by Gasteiger charge is 2.35. The number of carbonyl (C=O) groups is 1. The average molecular weight is 463 g/mol. The van der Waals surface area contributed by atoms with Crippen LogP contribution in [0.25, 0.3) is 0 Å². The van der Waals surface area contributed by atoms with Crippen molar-refractivity contribution in [2.24, 2.45) is 0 Å². The molecule has 7 heteroatoms. The van der Waals surface area contributed by atoms with E-state index in [9.17, 15) is 4.79 Å². The largest absolute Gasteiger partial charge is 0.494 e. The summed E-state index contributed by atoms with van der Waals surface area (Å²) in [7, 11) is 0. The lowest BCUT2D eigenvalue weighted by Crippen LogP contribution is -2.61. The van der Waals surface area contributed by atoms with Crippen LogP contribution in [0.1, 0.15) is 31.4 Å². The summed E-state index contributed by atoms with van der Waals surface area (Å²) < 4.78 is 12.0. The van der Waals surface area contributed by atoms with Crippen LogP contribution in [0.4, 0.5) is 0 Å². The van der Waals surface area contributed by atoms with Gasteiger partial charge in [-0.2, -0.15) is 5.26 Å². The van der Waals surface area contributed by atoms with E-state index in [0.717, 1.165) is 50.5 Å². The molecule has 4 rings (SSSR count). The van der Waals surface area contributed by atoms with Gasteiger partial charge in [0, 0.05) is 32.7 Å². The maximum Gasteiger partial charge on any atom is 0.234 e. The molecule has 7 nitrogen and oxygen atoms in total. The number of ether oxygens (including phenoxy) is 2. The van der Waals surface area contributed by atoms with E-state index < -0.39 is 5.54 Å². The highest BCUT2D eigenvalue weighted by Crippen LogP contribution is 2.21. The number of carbonyl (C=O) groups excluding carboxylic acids is 1. The van der Waals surface area contributed by atoms with Crippen LogP contribution in [0, 0.1) is 11.3 Å². The Labute approximate surface area is 202 Å². The molecule has 2 aliphatic heterocycles. The number of fused-ring (bicyclic) bond motifs is 2. The van der Waals surface area contributed by atoms with Gasteiger partial charge in [-0.1, -0.05) is 30.3 Å². The molecule has 2 atom stereocenters. The number of hydrogen-bond donors (Lipinski definition) is 1. The Morgan fingerprint density at radius 2 is 1.71 bits per heavy atom. The van der Waals surface area contributed by atoms with Crippen LogP contribution in [0.5, 0.6) is 5.75 Å². The van der Waals surface area contributed by atoms with E-state index in [-0.39, 0.29) is 18.1 Å². The van der Waals surface area contributed by atoms with Gasteiger partial charge in [0.2, 0.25) is 5.91 Å². The third kappa shape index (κ3) is 6.57. The Bertz CT molecular complexity index is 973. The second kappa shape index (κ2) is 11.0. The fourth-order valence-electron chi connectivity index (χ4n) is 4.79. The van der Waals surface area contributed by atoms with Gasteiger partial charge in [0.15, 0.2) is 0 Å². The Kier molecular flexibility index (Phi) is 7.84. The molecule has 2 bridgehead atoms. The summed E-state index contributed by atoms with van der Waals surface area (Å²) in [6, 6.07) is 19.4. The molecular weight excluding hydrogens is 428 g/mol. The number of nitrogens with zero attached hydrogens (tertiary/aromatic N) is 3. The number of morpholine rings is 2. The molecule has 2 fully saturated rings. The van der Waals surface area contributed by atoms with Crippen molar-refractivity contribution >= 4 is 5.91 Å². The highest BCUT2D eigenvalue weighted by molar-refractivity contribution is 5.79. The molecule has 0 saturated carbocycles. The van der Waals surface area contributed by atoms with E-state index in [1.807, 2.05) is 56.3 Å². The van der Waals surface area contributed by atoms with Gasteiger partial charge in [-0.3, -0.25) is 14.6 Å². The summed E-state index contributed by atoms with van der Waals surface area (Å²) in [4.78, 5) is 17.4. The minimum absolute atomic E-state index is 0.0469. The fourth-order valence-corrected chi connectivity index (χ4v) is 4.79. The molecule has 2 aliphatic rings. The number of hydrogen-bond acceptors (Lipinski definition) is 6. The van der Waals surface area contributed by atoms with E-state index in [0.29, 0.717) is 18.7 Å². The minimum atomic E-state index is -0.406. The van der Waals surface area contributed by atoms with Crippen molar-refractivity contribution in [3.05, 3.63) is 65.7 Å². The van der Waals surface area contributed by atoms with Crippen LogP contribution in [0.15, 0.2) is 54.6 Å². The Morgan fingerprint density at radius 3 is 2.35 bits per heavy atom. The standard InChI is InChI=1S/C27H34N4O3/c1-27(2,22-7-4-3-5-8-22)29-26(32)20-31-18-24-16-30(17-25(19-31)34-24)13-6-14-33-23-11-9-21(15-28)10-12-23/h3-5,7-12,24-25H,6,13-14,16-20H2,1-2H3,(H,29,32). The average Bonchev–Trinajstić information content (AvgIpc) is 2.82. The van der Waals surface area contributed by atoms with Crippen LogP contribution in [0.3, 0.4) is 0 Å². The van der Waals surface area contributed by atoms with Gasteiger partial charge in [-0.25, -0.2) is 0 Å². The quantitative estimate of drug-likeness (QED) is 0.578. The third-order valence-corrected chi connectivity index (χ3v) is 6.42. The molecule has 0 spiro atoms. The van der Waals surface area contributed by atoms with Gasteiger partial charge < -0.3 is 14.8 Å². The van der Waals surface area contributed by atoms with E-state index >= 15 is 0 Å². The molecule has 2 heterocycles. The molecule has 0 aliphatic carbocycles. The molecule has 2 aromatic carbocycles. The molecule has 2 aromatic rings. The van der Waals surface area contributed by atoms with Crippen molar-refractivity contribution < 1.29 is 14.3 Å². The number of benzene rings is 2. The summed E-state index contributed by atoms with van der Waals surface area (Å²) in [5, 5.41) is 12.1. The van der Waals surface area contributed by atoms with Gasteiger partial charge in [0.25, 0.3) is 0 Å². The predicted molar refractivity (Wildman–Crippen MR) is 130 cm³/mol. The molecule has 180 valence electrons. The zero-order valence-electron chi connectivity index (χ0n) is 20.1. The van der Waals surface area contributed by atoms with Crippen LogP contribution < -0.4 is 10.1 Å². The van der Waals surface area contributed by atoms with Crippen LogP contribution in [0.2, 0.25) is 0 Å². The van der Waals surface area contributed by atoms with Crippen molar-refractivity contribution in [2.45, 2.75) is 38.0 Å². The Morgan fingerprint density at radius 1 is 1.06 bits per heavy atom. The normalized spacial score (nSPS) is 21.0. The SMILES string of the molecule is CC(C)(NC(=O)CN1CC2CN(CCCOc3ccc(C#N)cc3)CC(C1)O2)c1ccccc1. The van der Waals surface area contributed by atoms with Gasteiger partial charge in [-0.05, 0) is 50.1 Å². The van der Waals surface area contributed by atoms with Gasteiger partial charge in [0.05, 0.1) is 42.5 Å². The molecule has 0 aromatic heterocycles. The first-order chi connectivity index (χ1) is 16.4. The monoisotopic (exact) mass is 462 g/mol. The molecule has 2 saturated heterocycles. The molecule has 1 N–H and O–H groups in total. The molecule has 34 heavy (non-hydrogen) atoms. The predicted octanol–water partition coefficient (Wildman–Crippen LogP) is 2.76. The number of nitrogens with one attached hydrogen (secondary N) is 1. The first-order valence-corrected chi connectivity index (χ1v) is 12.0. The summed E-state index contributed by atoms with van der Waals surface area (Å²) in [5.74, 6) is 0.841. The zero-order valence-corrected chi connectivity index (χ0v) is 20.1. The summed E-state index contributed by atoms with van der Waals surface area (Å²) in [6.45, 7) is 9.36. The third-order valence-electron chi connectivity index (χ3n) is 6.42. The fraction of sp³-hybridized carbons (Fsp3) is 0.481. The van der Waals surface area contributed by atoms with Gasteiger partial charge in [-0.15, -0.1) is 0 Å². The summed E-state index contributed by atoms with van der Waals surface area (Å²) >= 11 is 0. The van der Waals surface area contributed by atoms with Gasteiger partial charge in [0.1, 0.15) is 5.75 Å². The Balaban J connectivity index is 1.18. The van der Waals surface area contributed by atoms with E-state index in [1.165, 1.54) is 0 Å². The van der Waals surface area contributed by atoms with E-state index in [1.54, 1.807) is 12.1 Å². The summed E-state index contributed by atoms with van der Waals surface area (Å²) in [5.41, 5.74) is 1.33. The van der Waals surface area contributed by atoms with Gasteiger partial charge >= 0.3 is 0 Å². The second-order valence-corrected chi connectivity index (χ2v) is 9.71. The molecule has 0 radical (unpaired) electrons. The number of nitriles is 1. The smallest absolute Gasteiger partial charge is 0.234 e. The van der Waals surface area contributed by atoms with Crippen LogP contribution >= 0.6 is 0 Å². The minimum Gasteiger partial charge on any atom is -0.494 e. The lowest BCUT2D eigenvalue weighted by atomic mass is 9.94. The lowest BCUT2D eigenvalue weighted by Gasteiger charge is -2.45. The van der Waals surface area contributed by atoms with Crippen LogP contribution in [-0.2, 0) is 15.1 Å². The first kappa shape index (κ1) is 24.2. The lowest BCUT2D eigenvalue weighted by molar-refractivity contribution is -0.145. The zero-order chi connectivity index (χ0) is 24.0. The molecule has 2 unspecified atom stereocenters.